The van der Waals surface area contributed by atoms with E-state index in [-0.39, 0.29) is 12.5 Å². The average Bonchev–Trinajstić information content (AvgIpc) is 2.65. The normalized spacial score (nSPS) is 14.2. The van der Waals surface area contributed by atoms with Gasteiger partial charge in [0, 0.05) is 23.8 Å². The van der Waals surface area contributed by atoms with Crippen LogP contribution in [0.5, 0.6) is 0 Å². The maximum Gasteiger partial charge on any atom is 0.243 e. The van der Waals surface area contributed by atoms with Crippen molar-refractivity contribution < 1.29 is 4.79 Å². The summed E-state index contributed by atoms with van der Waals surface area (Å²) in [6.07, 6.45) is 3.75. The topological polar surface area (TPSA) is 44.4 Å². The summed E-state index contributed by atoms with van der Waals surface area (Å²) in [5.41, 5.74) is 3.81. The molecule has 1 amide bonds. The third-order valence-corrected chi connectivity index (χ3v) is 4.99. The van der Waals surface area contributed by atoms with Gasteiger partial charge in [-0.15, -0.1) is 0 Å². The Labute approximate surface area is 154 Å². The number of nitrogens with one attached hydrogen (secondary N) is 2. The summed E-state index contributed by atoms with van der Waals surface area (Å²) in [7, 11) is 0. The minimum absolute atomic E-state index is 0.0844. The summed E-state index contributed by atoms with van der Waals surface area (Å²) >= 11 is 6.10. The zero-order valence-electron chi connectivity index (χ0n) is 14.5. The fourth-order valence-corrected chi connectivity index (χ4v) is 3.32. The standard InChI is InChI=1S/C20H24ClN3O/c1-15-16(21)8-7-10-17(15)23-20(25)14-22-18-9-3-4-11-19(18)24-12-5-2-6-13-24/h3-4,7-11,22H,2,5-6,12-14H2,1H3,(H,23,25). The van der Waals surface area contributed by atoms with E-state index in [2.05, 4.69) is 21.6 Å². The van der Waals surface area contributed by atoms with Crippen molar-refractivity contribution in [3.05, 3.63) is 53.1 Å². The molecule has 1 heterocycles. The van der Waals surface area contributed by atoms with Crippen LogP contribution in [0.3, 0.4) is 0 Å². The third kappa shape index (κ3) is 4.45. The molecule has 0 aliphatic carbocycles. The van der Waals surface area contributed by atoms with Crippen molar-refractivity contribution in [2.45, 2.75) is 26.2 Å². The highest BCUT2D eigenvalue weighted by atomic mass is 35.5. The van der Waals surface area contributed by atoms with Gasteiger partial charge >= 0.3 is 0 Å². The highest BCUT2D eigenvalue weighted by Gasteiger charge is 2.14. The molecule has 1 aliphatic heterocycles. The van der Waals surface area contributed by atoms with Gasteiger partial charge in [0.25, 0.3) is 0 Å². The maximum atomic E-state index is 12.3. The first kappa shape index (κ1) is 17.6. The van der Waals surface area contributed by atoms with Gasteiger partial charge in [-0.25, -0.2) is 0 Å². The summed E-state index contributed by atoms with van der Waals surface area (Å²) in [6, 6.07) is 13.7. The quantitative estimate of drug-likeness (QED) is 0.815. The number of anilines is 3. The number of benzene rings is 2. The van der Waals surface area contributed by atoms with Gasteiger partial charge in [0.1, 0.15) is 0 Å². The molecule has 0 saturated carbocycles. The molecule has 1 aliphatic rings. The van der Waals surface area contributed by atoms with E-state index in [9.17, 15) is 4.79 Å². The molecule has 0 atom stereocenters. The van der Waals surface area contributed by atoms with E-state index in [1.165, 1.54) is 24.9 Å². The molecule has 0 aromatic heterocycles. The number of amides is 1. The first-order valence-electron chi connectivity index (χ1n) is 8.78. The number of para-hydroxylation sites is 2. The van der Waals surface area contributed by atoms with Crippen LogP contribution in [0.15, 0.2) is 42.5 Å². The maximum absolute atomic E-state index is 12.3. The molecular formula is C20H24ClN3O. The molecule has 1 fully saturated rings. The van der Waals surface area contributed by atoms with Crippen LogP contribution in [0, 0.1) is 6.92 Å². The molecule has 0 spiro atoms. The van der Waals surface area contributed by atoms with Crippen LogP contribution in [0.1, 0.15) is 24.8 Å². The zero-order valence-corrected chi connectivity index (χ0v) is 15.3. The van der Waals surface area contributed by atoms with Crippen LogP contribution in [0.25, 0.3) is 0 Å². The first-order valence-corrected chi connectivity index (χ1v) is 9.16. The second kappa shape index (κ2) is 8.26. The molecule has 0 unspecified atom stereocenters. The highest BCUT2D eigenvalue weighted by Crippen LogP contribution is 2.28. The predicted octanol–water partition coefficient (Wildman–Crippen LogP) is 4.69. The van der Waals surface area contributed by atoms with Gasteiger partial charge in [0.05, 0.1) is 17.9 Å². The summed E-state index contributed by atoms with van der Waals surface area (Å²) < 4.78 is 0. The van der Waals surface area contributed by atoms with Gasteiger partial charge in [-0.3, -0.25) is 4.79 Å². The Balaban J connectivity index is 1.63. The van der Waals surface area contributed by atoms with Gasteiger partial charge in [0.2, 0.25) is 5.91 Å². The van der Waals surface area contributed by atoms with Gasteiger partial charge in [-0.1, -0.05) is 29.8 Å². The van der Waals surface area contributed by atoms with Crippen molar-refractivity contribution in [1.29, 1.82) is 0 Å². The molecule has 25 heavy (non-hydrogen) atoms. The molecule has 3 rings (SSSR count). The van der Waals surface area contributed by atoms with Gasteiger partial charge in [-0.05, 0) is 56.0 Å². The van der Waals surface area contributed by atoms with Crippen molar-refractivity contribution in [2.24, 2.45) is 0 Å². The average molecular weight is 358 g/mol. The smallest absolute Gasteiger partial charge is 0.243 e. The Morgan fingerprint density at radius 3 is 2.56 bits per heavy atom. The number of piperidine rings is 1. The molecule has 2 aromatic carbocycles. The van der Waals surface area contributed by atoms with Crippen LogP contribution in [-0.4, -0.2) is 25.5 Å². The largest absolute Gasteiger partial charge is 0.374 e. The van der Waals surface area contributed by atoms with Crippen LogP contribution >= 0.6 is 11.6 Å². The first-order chi connectivity index (χ1) is 12.1. The lowest BCUT2D eigenvalue weighted by Crippen LogP contribution is -2.30. The number of carbonyl (C=O) groups is 1. The van der Waals surface area contributed by atoms with Gasteiger partial charge in [0.15, 0.2) is 0 Å². The molecule has 4 nitrogen and oxygen atoms in total. The molecular weight excluding hydrogens is 334 g/mol. The lowest BCUT2D eigenvalue weighted by Gasteiger charge is -2.30. The molecule has 2 aromatic rings. The fourth-order valence-electron chi connectivity index (χ4n) is 3.15. The Kier molecular flexibility index (Phi) is 5.82. The molecule has 5 heteroatoms. The second-order valence-electron chi connectivity index (χ2n) is 6.38. The van der Waals surface area contributed by atoms with Crippen LogP contribution in [0.2, 0.25) is 5.02 Å². The van der Waals surface area contributed by atoms with E-state index in [1.54, 1.807) is 0 Å². The van der Waals surface area contributed by atoms with E-state index in [4.69, 9.17) is 11.6 Å². The van der Waals surface area contributed by atoms with E-state index in [0.29, 0.717) is 5.02 Å². The SMILES string of the molecule is Cc1c(Cl)cccc1NC(=O)CNc1ccccc1N1CCCCC1. The number of carbonyl (C=O) groups excluding carboxylic acids is 1. The Bertz CT molecular complexity index is 741. The van der Waals surface area contributed by atoms with Crippen molar-refractivity contribution in [2.75, 3.05) is 35.2 Å². The monoisotopic (exact) mass is 357 g/mol. The number of nitrogens with zero attached hydrogens (tertiary/aromatic N) is 1. The Hall–Kier alpha value is -2.20. The Morgan fingerprint density at radius 1 is 1.04 bits per heavy atom. The molecule has 132 valence electrons. The van der Waals surface area contributed by atoms with E-state index < -0.39 is 0 Å². The lowest BCUT2D eigenvalue weighted by molar-refractivity contribution is -0.114. The molecule has 0 bridgehead atoms. The zero-order chi connectivity index (χ0) is 17.6. The summed E-state index contributed by atoms with van der Waals surface area (Å²) in [5, 5.41) is 6.85. The van der Waals surface area contributed by atoms with Crippen molar-refractivity contribution in [1.82, 2.24) is 0 Å². The number of rotatable bonds is 5. The van der Waals surface area contributed by atoms with E-state index in [0.717, 1.165) is 30.0 Å². The summed E-state index contributed by atoms with van der Waals surface area (Å²) in [4.78, 5) is 14.7. The second-order valence-corrected chi connectivity index (χ2v) is 6.79. The predicted molar refractivity (Wildman–Crippen MR) is 106 cm³/mol. The van der Waals surface area contributed by atoms with Crippen molar-refractivity contribution in [3.63, 3.8) is 0 Å². The minimum atomic E-state index is -0.0844. The summed E-state index contributed by atoms with van der Waals surface area (Å²) in [6.45, 7) is 4.27. The lowest BCUT2D eigenvalue weighted by atomic mass is 10.1. The van der Waals surface area contributed by atoms with Crippen LogP contribution in [-0.2, 0) is 4.79 Å². The van der Waals surface area contributed by atoms with Crippen LogP contribution in [0.4, 0.5) is 17.1 Å². The summed E-state index contributed by atoms with van der Waals surface area (Å²) in [5.74, 6) is -0.0844. The number of halogens is 1. The fraction of sp³-hybridized carbons (Fsp3) is 0.350. The molecule has 0 radical (unpaired) electrons. The van der Waals surface area contributed by atoms with Crippen molar-refractivity contribution in [3.8, 4) is 0 Å². The molecule has 1 saturated heterocycles. The molecule has 2 N–H and O–H groups in total. The Morgan fingerprint density at radius 2 is 1.76 bits per heavy atom. The highest BCUT2D eigenvalue weighted by molar-refractivity contribution is 6.31. The number of hydrogen-bond donors (Lipinski definition) is 2. The van der Waals surface area contributed by atoms with E-state index >= 15 is 0 Å². The van der Waals surface area contributed by atoms with Gasteiger partial charge < -0.3 is 15.5 Å². The van der Waals surface area contributed by atoms with Crippen molar-refractivity contribution >= 4 is 34.6 Å². The minimum Gasteiger partial charge on any atom is -0.374 e. The van der Waals surface area contributed by atoms with Gasteiger partial charge in [-0.2, -0.15) is 0 Å². The number of hydrogen-bond acceptors (Lipinski definition) is 3. The van der Waals surface area contributed by atoms with Crippen LogP contribution < -0.4 is 15.5 Å². The van der Waals surface area contributed by atoms with E-state index in [1.807, 2.05) is 43.3 Å². The third-order valence-electron chi connectivity index (χ3n) is 4.58.